The van der Waals surface area contributed by atoms with E-state index in [1.807, 2.05) is 0 Å². The van der Waals surface area contributed by atoms with Crippen LogP contribution in [-0.2, 0) is 0 Å². The van der Waals surface area contributed by atoms with Gasteiger partial charge in [0.05, 0.1) is 24.1 Å². The van der Waals surface area contributed by atoms with Crippen molar-refractivity contribution >= 4 is 5.91 Å². The van der Waals surface area contributed by atoms with E-state index in [-0.39, 0.29) is 5.91 Å². The number of rotatable bonds is 5. The lowest BCUT2D eigenvalue weighted by Gasteiger charge is -2.26. The van der Waals surface area contributed by atoms with Crippen LogP contribution in [0.25, 0.3) is 0 Å². The molecule has 1 N–H and O–H groups in total. The van der Waals surface area contributed by atoms with E-state index in [1.54, 1.807) is 12.4 Å². The fraction of sp³-hybridized carbons (Fsp3) is 0.706. The van der Waals surface area contributed by atoms with Gasteiger partial charge in [0.2, 0.25) is 0 Å². The molecule has 0 radical (unpaired) electrons. The third-order valence-electron chi connectivity index (χ3n) is 4.91. The maximum absolute atomic E-state index is 12.3. The summed E-state index contributed by atoms with van der Waals surface area (Å²) in [6.07, 6.45) is 9.50. The molecular weight excluding hydrogens is 290 g/mol. The largest absolute Gasteiger partial charge is 0.349 e. The van der Waals surface area contributed by atoms with Crippen molar-refractivity contribution in [3.63, 3.8) is 0 Å². The summed E-state index contributed by atoms with van der Waals surface area (Å²) in [5.74, 6) is -0.114. The number of nitrogens with zero attached hydrogens (tertiary/aromatic N) is 4. The molecule has 3 rings (SSSR count). The lowest BCUT2D eigenvalue weighted by atomic mass is 10.1. The lowest BCUT2D eigenvalue weighted by molar-refractivity contribution is 0.0940. The number of carbonyl (C=O) groups excluding carboxylic acids is 1. The molecule has 3 heterocycles. The zero-order valence-corrected chi connectivity index (χ0v) is 14.0. The molecule has 0 unspecified atom stereocenters. The zero-order valence-electron chi connectivity index (χ0n) is 14.0. The van der Waals surface area contributed by atoms with Crippen molar-refractivity contribution in [2.45, 2.75) is 38.1 Å². The monoisotopic (exact) mass is 317 g/mol. The van der Waals surface area contributed by atoms with Crippen LogP contribution in [0.1, 0.15) is 54.3 Å². The molecule has 6 heteroatoms. The Labute approximate surface area is 138 Å². The number of aromatic nitrogens is 2. The average molecular weight is 317 g/mol. The molecule has 0 aliphatic carbocycles. The minimum Gasteiger partial charge on any atom is -0.349 e. The van der Waals surface area contributed by atoms with Gasteiger partial charge in [-0.1, -0.05) is 6.42 Å². The van der Waals surface area contributed by atoms with Crippen LogP contribution in [0.5, 0.6) is 0 Å². The molecule has 1 atom stereocenters. The van der Waals surface area contributed by atoms with Crippen LogP contribution in [0, 0.1) is 0 Å². The van der Waals surface area contributed by atoms with Gasteiger partial charge in [0.25, 0.3) is 5.91 Å². The second-order valence-corrected chi connectivity index (χ2v) is 6.63. The lowest BCUT2D eigenvalue weighted by Crippen LogP contribution is -2.38. The van der Waals surface area contributed by atoms with Crippen LogP contribution in [-0.4, -0.2) is 65.4 Å². The summed E-state index contributed by atoms with van der Waals surface area (Å²) in [7, 11) is 2.10. The molecule has 2 saturated heterocycles. The van der Waals surface area contributed by atoms with Crippen molar-refractivity contribution in [2.24, 2.45) is 0 Å². The van der Waals surface area contributed by atoms with E-state index >= 15 is 0 Å². The van der Waals surface area contributed by atoms with Gasteiger partial charge in [-0.15, -0.1) is 0 Å². The van der Waals surface area contributed by atoms with Crippen molar-refractivity contribution in [1.29, 1.82) is 0 Å². The highest BCUT2D eigenvalue weighted by atomic mass is 16.1. The molecule has 126 valence electrons. The van der Waals surface area contributed by atoms with Gasteiger partial charge in [-0.25, -0.2) is 4.98 Å². The highest BCUT2D eigenvalue weighted by molar-refractivity contribution is 5.91. The second-order valence-electron chi connectivity index (χ2n) is 6.63. The smallest absolute Gasteiger partial charge is 0.271 e. The van der Waals surface area contributed by atoms with Gasteiger partial charge in [-0.3, -0.25) is 14.7 Å². The Bertz CT molecular complexity index is 529. The van der Waals surface area contributed by atoms with Crippen molar-refractivity contribution in [1.82, 2.24) is 25.1 Å². The molecule has 1 aromatic heterocycles. The predicted octanol–water partition coefficient (Wildman–Crippen LogP) is 1.46. The van der Waals surface area contributed by atoms with Crippen LogP contribution in [0.2, 0.25) is 0 Å². The second kappa shape index (κ2) is 7.84. The fourth-order valence-electron chi connectivity index (χ4n) is 3.54. The summed E-state index contributed by atoms with van der Waals surface area (Å²) < 4.78 is 0. The summed E-state index contributed by atoms with van der Waals surface area (Å²) in [5, 5.41) is 2.98. The molecule has 1 amide bonds. The molecule has 0 bridgehead atoms. The predicted molar refractivity (Wildman–Crippen MR) is 89.3 cm³/mol. The molecule has 0 saturated carbocycles. The number of hydrogen-bond donors (Lipinski definition) is 1. The average Bonchev–Trinajstić information content (AvgIpc) is 3.02. The number of hydrogen-bond acceptors (Lipinski definition) is 5. The first-order valence-corrected chi connectivity index (χ1v) is 8.77. The minimum absolute atomic E-state index is 0.114. The Morgan fingerprint density at radius 2 is 2.04 bits per heavy atom. The number of piperidine rings is 1. The quantitative estimate of drug-likeness (QED) is 0.891. The van der Waals surface area contributed by atoms with Crippen molar-refractivity contribution in [2.75, 3.05) is 39.8 Å². The summed E-state index contributed by atoms with van der Waals surface area (Å²) >= 11 is 0. The molecule has 1 aromatic rings. The van der Waals surface area contributed by atoms with Gasteiger partial charge in [0.15, 0.2) is 0 Å². The SMILES string of the molecule is CN1CCC[C@@H]1c1cncc(C(=O)NCCN2CCCCC2)n1. The summed E-state index contributed by atoms with van der Waals surface area (Å²) in [4.78, 5) is 25.7. The highest BCUT2D eigenvalue weighted by Crippen LogP contribution is 2.28. The third kappa shape index (κ3) is 4.26. The van der Waals surface area contributed by atoms with E-state index in [1.165, 1.54) is 25.7 Å². The van der Waals surface area contributed by atoms with Crippen molar-refractivity contribution in [3.8, 4) is 0 Å². The topological polar surface area (TPSA) is 61.4 Å². The number of carbonyl (C=O) groups is 1. The van der Waals surface area contributed by atoms with Gasteiger partial charge < -0.3 is 10.2 Å². The van der Waals surface area contributed by atoms with E-state index in [0.717, 1.165) is 38.3 Å². The molecule has 2 aliphatic heterocycles. The maximum Gasteiger partial charge on any atom is 0.271 e. The maximum atomic E-state index is 12.3. The van der Waals surface area contributed by atoms with Crippen LogP contribution in [0.15, 0.2) is 12.4 Å². The Morgan fingerprint density at radius 3 is 2.78 bits per heavy atom. The van der Waals surface area contributed by atoms with Crippen LogP contribution in [0.4, 0.5) is 0 Å². The standard InChI is InChI=1S/C17H27N5O/c1-21-8-5-6-16(21)14-12-18-13-15(20-14)17(23)19-7-11-22-9-3-2-4-10-22/h12-13,16H,2-11H2,1H3,(H,19,23)/t16-/m1/s1. The first kappa shape index (κ1) is 16.3. The molecule has 2 aliphatic rings. The minimum atomic E-state index is -0.114. The van der Waals surface area contributed by atoms with E-state index < -0.39 is 0 Å². The van der Waals surface area contributed by atoms with Crippen LogP contribution < -0.4 is 5.32 Å². The number of amides is 1. The third-order valence-corrected chi connectivity index (χ3v) is 4.91. The Balaban J connectivity index is 1.52. The van der Waals surface area contributed by atoms with Gasteiger partial charge in [0, 0.05) is 13.1 Å². The van der Waals surface area contributed by atoms with Gasteiger partial charge in [-0.05, 0) is 52.4 Å². The summed E-state index contributed by atoms with van der Waals surface area (Å²) in [6.45, 7) is 4.98. The van der Waals surface area contributed by atoms with E-state index in [4.69, 9.17) is 0 Å². The Morgan fingerprint density at radius 1 is 1.22 bits per heavy atom. The molecule has 6 nitrogen and oxygen atoms in total. The van der Waals surface area contributed by atoms with Crippen molar-refractivity contribution in [3.05, 3.63) is 23.8 Å². The van der Waals surface area contributed by atoms with Crippen LogP contribution in [0.3, 0.4) is 0 Å². The van der Waals surface area contributed by atoms with Gasteiger partial charge in [-0.2, -0.15) is 0 Å². The number of likely N-dealkylation sites (tertiary alicyclic amines) is 2. The van der Waals surface area contributed by atoms with Gasteiger partial charge in [0.1, 0.15) is 5.69 Å². The molecule has 23 heavy (non-hydrogen) atoms. The van der Waals surface area contributed by atoms with Crippen LogP contribution >= 0.6 is 0 Å². The first-order chi connectivity index (χ1) is 11.2. The first-order valence-electron chi connectivity index (χ1n) is 8.77. The van der Waals surface area contributed by atoms with E-state index in [0.29, 0.717) is 18.3 Å². The Kier molecular flexibility index (Phi) is 5.56. The molecule has 0 aromatic carbocycles. The summed E-state index contributed by atoms with van der Waals surface area (Å²) in [6, 6.07) is 0.295. The van der Waals surface area contributed by atoms with E-state index in [2.05, 4.69) is 32.1 Å². The fourth-order valence-corrected chi connectivity index (χ4v) is 3.54. The molecule has 0 spiro atoms. The highest BCUT2D eigenvalue weighted by Gasteiger charge is 2.24. The summed E-state index contributed by atoms with van der Waals surface area (Å²) in [5.41, 5.74) is 1.34. The normalized spacial score (nSPS) is 23.1. The number of nitrogens with one attached hydrogen (secondary N) is 1. The van der Waals surface area contributed by atoms with E-state index in [9.17, 15) is 4.79 Å². The van der Waals surface area contributed by atoms with Gasteiger partial charge >= 0.3 is 0 Å². The zero-order chi connectivity index (χ0) is 16.1. The van der Waals surface area contributed by atoms with Crippen molar-refractivity contribution < 1.29 is 4.79 Å². The molecule has 2 fully saturated rings. The molecular formula is C17H27N5O. The Hall–Kier alpha value is -1.53.